The van der Waals surface area contributed by atoms with Crippen LogP contribution in [0.1, 0.15) is 31.6 Å². The summed E-state index contributed by atoms with van der Waals surface area (Å²) in [5, 5.41) is 13.3. The number of β-lactam (4-membered cyclic amide) rings is 1. The highest BCUT2D eigenvalue weighted by molar-refractivity contribution is 5.82. The van der Waals surface area contributed by atoms with E-state index in [9.17, 15) is 19.7 Å². The Morgan fingerprint density at radius 1 is 1.33 bits per heavy atom. The van der Waals surface area contributed by atoms with Crippen LogP contribution in [-0.4, -0.2) is 23.0 Å². The van der Waals surface area contributed by atoms with E-state index >= 15 is 0 Å². The molecule has 0 aliphatic carbocycles. The Morgan fingerprint density at radius 3 is 2.38 bits per heavy atom. The lowest BCUT2D eigenvalue weighted by atomic mass is 10.0. The molecular weight excluding hydrogens is 280 g/mol. The zero-order chi connectivity index (χ0) is 15.4. The summed E-state index contributed by atoms with van der Waals surface area (Å²) in [6, 6.07) is 6.41. The Balaban J connectivity index is 0.000000194. The van der Waals surface area contributed by atoms with Gasteiger partial charge in [0.1, 0.15) is 5.75 Å². The summed E-state index contributed by atoms with van der Waals surface area (Å²) in [4.78, 5) is 30.9. The van der Waals surface area contributed by atoms with Crippen molar-refractivity contribution in [3.63, 3.8) is 0 Å². The van der Waals surface area contributed by atoms with Crippen LogP contribution in [-0.2, 0) is 9.53 Å². The summed E-state index contributed by atoms with van der Waals surface area (Å²) in [6.07, 6.45) is -0.729. The number of nitrogens with one attached hydrogen (secondary N) is 1. The van der Waals surface area contributed by atoms with E-state index in [1.807, 2.05) is 0 Å². The van der Waals surface area contributed by atoms with E-state index in [0.717, 1.165) is 12.8 Å². The van der Waals surface area contributed by atoms with Gasteiger partial charge < -0.3 is 14.8 Å². The van der Waals surface area contributed by atoms with Gasteiger partial charge in [0, 0.05) is 12.5 Å². The molecule has 1 aromatic rings. The summed E-state index contributed by atoms with van der Waals surface area (Å²) >= 11 is 0. The fourth-order valence-electron chi connectivity index (χ4n) is 1.82. The summed E-state index contributed by atoms with van der Waals surface area (Å²) in [6.45, 7) is 2.07. The molecular formula is C13H14N2O6. The van der Waals surface area contributed by atoms with Gasteiger partial charge in [-0.1, -0.05) is 6.92 Å². The highest BCUT2D eigenvalue weighted by Crippen LogP contribution is 2.25. The fraction of sp³-hybridized carbons (Fsp3) is 0.385. The molecule has 0 radical (unpaired) electrons. The number of fused-ring (bicyclic) bond motifs is 5. The smallest absolute Gasteiger partial charge is 0.395 e. The molecule has 1 fully saturated rings. The van der Waals surface area contributed by atoms with Gasteiger partial charge in [0.2, 0.25) is 5.91 Å². The quantitative estimate of drug-likeness (QED) is 0.293. The first kappa shape index (κ1) is 14.8. The molecule has 3 heterocycles. The lowest BCUT2D eigenvalue weighted by molar-refractivity contribution is -0.575. The highest BCUT2D eigenvalue weighted by atomic mass is 16.8. The molecule has 8 nitrogen and oxygen atoms in total. The minimum atomic E-state index is -1.49. The van der Waals surface area contributed by atoms with Gasteiger partial charge in [0.25, 0.3) is 0 Å². The molecule has 21 heavy (non-hydrogen) atoms. The third kappa shape index (κ3) is 3.68. The number of amides is 1. The van der Waals surface area contributed by atoms with Gasteiger partial charge in [-0.05, 0) is 30.7 Å². The van der Waals surface area contributed by atoms with Gasteiger partial charge >= 0.3 is 12.4 Å². The second-order valence-corrected chi connectivity index (χ2v) is 4.55. The number of nitro groups is 1. The third-order valence-electron chi connectivity index (χ3n) is 3.06. The van der Waals surface area contributed by atoms with Crippen LogP contribution >= 0.6 is 0 Å². The van der Waals surface area contributed by atoms with Gasteiger partial charge in [-0.25, -0.2) is 4.79 Å². The van der Waals surface area contributed by atoms with Crippen LogP contribution in [0.2, 0.25) is 0 Å². The number of hydrogen-bond acceptors (Lipinski definition) is 6. The molecule has 112 valence electrons. The van der Waals surface area contributed by atoms with Gasteiger partial charge in [-0.15, -0.1) is 0 Å². The molecule has 1 N–H and O–H groups in total. The van der Waals surface area contributed by atoms with Crippen LogP contribution < -0.4 is 10.1 Å². The molecule has 2 unspecified atom stereocenters. The molecule has 8 heteroatoms. The Morgan fingerprint density at radius 2 is 1.95 bits per heavy atom. The Bertz CT molecular complexity index is 548. The van der Waals surface area contributed by atoms with Crippen molar-refractivity contribution in [3.05, 3.63) is 39.9 Å². The number of carbonyl (C=O) groups is 2. The highest BCUT2D eigenvalue weighted by Gasteiger charge is 2.30. The lowest BCUT2D eigenvalue weighted by Gasteiger charge is -2.24. The summed E-state index contributed by atoms with van der Waals surface area (Å²) in [5.74, 6) is 0.507. The van der Waals surface area contributed by atoms with E-state index < -0.39 is 17.3 Å². The Labute approximate surface area is 120 Å². The molecule has 0 aromatic heterocycles. The van der Waals surface area contributed by atoms with Gasteiger partial charge in [0.05, 0.1) is 10.5 Å². The van der Waals surface area contributed by atoms with Crippen molar-refractivity contribution < 1.29 is 24.0 Å². The van der Waals surface area contributed by atoms with E-state index in [4.69, 9.17) is 0 Å². The van der Waals surface area contributed by atoms with Gasteiger partial charge in [-0.2, -0.15) is 0 Å². The first-order valence-corrected chi connectivity index (χ1v) is 6.41. The van der Waals surface area contributed by atoms with Crippen LogP contribution in [0.3, 0.4) is 0 Å². The molecule has 1 aromatic carbocycles. The Hall–Kier alpha value is -2.64. The number of carbonyl (C=O) groups excluding carboxylic acids is 2. The van der Waals surface area contributed by atoms with Gasteiger partial charge in [-0.3, -0.25) is 14.9 Å². The van der Waals surface area contributed by atoms with Gasteiger partial charge in [0.15, 0.2) is 0 Å². The van der Waals surface area contributed by atoms with Crippen LogP contribution in [0.25, 0.3) is 0 Å². The maximum Gasteiger partial charge on any atom is 0.519 e. The average Bonchev–Trinajstić information content (AvgIpc) is 2.40. The zero-order valence-corrected chi connectivity index (χ0v) is 11.3. The van der Waals surface area contributed by atoms with Crippen molar-refractivity contribution in [2.45, 2.75) is 32.0 Å². The maximum atomic E-state index is 10.9. The van der Waals surface area contributed by atoms with Crippen molar-refractivity contribution in [1.82, 2.24) is 5.32 Å². The number of hydrogen-bond donors (Lipinski definition) is 1. The van der Waals surface area contributed by atoms with Crippen molar-refractivity contribution in [1.29, 1.82) is 0 Å². The molecule has 1 saturated heterocycles. The molecule has 2 bridgehead atoms. The second-order valence-electron chi connectivity index (χ2n) is 4.55. The van der Waals surface area contributed by atoms with E-state index in [2.05, 4.69) is 21.7 Å². The van der Waals surface area contributed by atoms with Crippen molar-refractivity contribution >= 4 is 12.1 Å². The maximum absolute atomic E-state index is 10.9. The number of benzene rings is 1. The number of nitrogens with zero attached hydrogens (tertiary/aromatic N) is 1. The third-order valence-corrected chi connectivity index (χ3v) is 3.06. The number of rotatable bonds is 2. The molecule has 0 spiro atoms. The monoisotopic (exact) mass is 294 g/mol. The summed E-state index contributed by atoms with van der Waals surface area (Å²) in [5.41, 5.74) is 0.315. The molecule has 1 amide bonds. The normalized spacial score (nSPS) is 22.3. The molecule has 3 aliphatic heterocycles. The lowest BCUT2D eigenvalue weighted by Crippen LogP contribution is -2.47. The van der Waals surface area contributed by atoms with Crippen LogP contribution in [0.5, 0.6) is 5.75 Å². The topological polar surface area (TPSA) is 108 Å². The SMILES string of the molecule is CCC1CC(=O)N1.O=C1Oc2ccc(cc2)C([N+](=O)[O-])O1. The second kappa shape index (κ2) is 6.21. The summed E-state index contributed by atoms with van der Waals surface area (Å²) in [7, 11) is 0. The van der Waals surface area contributed by atoms with Crippen molar-refractivity contribution in [3.8, 4) is 5.75 Å². The van der Waals surface area contributed by atoms with E-state index in [1.54, 1.807) is 0 Å². The molecule has 4 rings (SSSR count). The summed E-state index contributed by atoms with van der Waals surface area (Å²) < 4.78 is 9.09. The first-order valence-electron chi connectivity index (χ1n) is 6.41. The number of ether oxygens (including phenoxy) is 2. The predicted octanol–water partition coefficient (Wildman–Crippen LogP) is 1.78. The standard InChI is InChI=1S/C8H5NO5.C5H9NO/c10-8-13-6-3-1-5(2-4-6)7(14-8)9(11)12;1-2-4-3-5(7)6-4/h1-4,7H;4H,2-3H2,1H3,(H,6,7). The van der Waals surface area contributed by atoms with Crippen LogP contribution in [0.4, 0.5) is 4.79 Å². The fourth-order valence-corrected chi connectivity index (χ4v) is 1.82. The molecule has 3 aliphatic rings. The van der Waals surface area contributed by atoms with Crippen molar-refractivity contribution in [2.24, 2.45) is 0 Å². The zero-order valence-electron chi connectivity index (χ0n) is 11.3. The minimum Gasteiger partial charge on any atom is -0.395 e. The first-order chi connectivity index (χ1) is 9.99. The molecule has 0 saturated carbocycles. The predicted molar refractivity (Wildman–Crippen MR) is 70.1 cm³/mol. The minimum absolute atomic E-state index is 0.201. The van der Waals surface area contributed by atoms with E-state index in [0.29, 0.717) is 17.4 Å². The van der Waals surface area contributed by atoms with E-state index in [1.165, 1.54) is 24.3 Å². The molecule has 2 atom stereocenters. The average molecular weight is 294 g/mol. The Kier molecular flexibility index (Phi) is 4.36. The van der Waals surface area contributed by atoms with Crippen LogP contribution in [0.15, 0.2) is 24.3 Å². The van der Waals surface area contributed by atoms with E-state index in [-0.39, 0.29) is 5.91 Å². The largest absolute Gasteiger partial charge is 0.519 e. The van der Waals surface area contributed by atoms with Crippen LogP contribution in [0, 0.1) is 10.1 Å². The van der Waals surface area contributed by atoms with Crippen molar-refractivity contribution in [2.75, 3.05) is 0 Å².